The van der Waals surface area contributed by atoms with Crippen molar-refractivity contribution in [2.45, 2.75) is 52.4 Å². The maximum absolute atomic E-state index is 6.17. The van der Waals surface area contributed by atoms with Crippen molar-refractivity contribution < 1.29 is 2.90 Å². The Kier molecular flexibility index (Phi) is 9.04. The molecule has 1 nitrogen and oxygen atoms in total. The van der Waals surface area contributed by atoms with Crippen LogP contribution in [0, 0.1) is 0 Å². The summed E-state index contributed by atoms with van der Waals surface area (Å²) in [6.45, 7) is 4.50. The maximum atomic E-state index is 6.17. The molecule has 23 heavy (non-hydrogen) atoms. The molecular weight excluding hydrogens is 414 g/mol. The molecule has 0 aliphatic carbocycles. The molecule has 0 aliphatic heterocycles. The van der Waals surface area contributed by atoms with E-state index in [1.54, 1.807) is 0 Å². The Bertz CT molecular complexity index is 532. The van der Waals surface area contributed by atoms with E-state index < -0.39 is 0 Å². The number of benzene rings is 2. The normalized spacial score (nSPS) is 10.9. The summed E-state index contributed by atoms with van der Waals surface area (Å²) in [4.78, 5) is 0. The van der Waals surface area contributed by atoms with Crippen LogP contribution in [0.4, 0.5) is 0 Å². The summed E-state index contributed by atoms with van der Waals surface area (Å²) in [5.74, 6) is 0. The molecular formula is C20H26OSe2. The van der Waals surface area contributed by atoms with Gasteiger partial charge in [-0.2, -0.15) is 0 Å². The molecule has 0 heterocycles. The van der Waals surface area contributed by atoms with Crippen molar-refractivity contribution in [3.63, 3.8) is 0 Å². The quantitative estimate of drug-likeness (QED) is 0.514. The molecule has 0 aromatic heterocycles. The fraction of sp³-hybridized carbons (Fsp3) is 0.400. The zero-order valence-electron chi connectivity index (χ0n) is 14.1. The first kappa shape index (κ1) is 18.8. The van der Waals surface area contributed by atoms with Crippen molar-refractivity contribution in [2.24, 2.45) is 0 Å². The van der Waals surface area contributed by atoms with Crippen LogP contribution < -0.4 is 8.92 Å². The number of hydrogen-bond acceptors (Lipinski definition) is 1. The number of rotatable bonds is 10. The average Bonchev–Trinajstić information content (AvgIpc) is 2.60. The van der Waals surface area contributed by atoms with Crippen molar-refractivity contribution in [2.75, 3.05) is 0 Å². The van der Waals surface area contributed by atoms with E-state index in [0.29, 0.717) is 0 Å². The minimum atomic E-state index is 0.127. The molecule has 0 saturated heterocycles. The predicted octanol–water partition coefficient (Wildman–Crippen LogP) is 3.58. The van der Waals surface area contributed by atoms with Crippen molar-refractivity contribution in [1.82, 2.24) is 0 Å². The van der Waals surface area contributed by atoms with Gasteiger partial charge in [-0.15, -0.1) is 0 Å². The van der Waals surface area contributed by atoms with Crippen LogP contribution in [-0.2, 0) is 15.7 Å². The molecule has 0 amide bonds. The Morgan fingerprint density at radius 3 is 1.57 bits per heavy atom. The summed E-state index contributed by atoms with van der Waals surface area (Å²) in [5.41, 5.74) is 2.95. The Morgan fingerprint density at radius 1 is 0.696 bits per heavy atom. The molecule has 2 aromatic carbocycles. The van der Waals surface area contributed by atoms with E-state index in [4.69, 9.17) is 2.90 Å². The van der Waals surface area contributed by atoms with Crippen LogP contribution >= 0.6 is 0 Å². The molecule has 2 rings (SSSR count). The second-order valence-corrected chi connectivity index (χ2v) is 9.97. The summed E-state index contributed by atoms with van der Waals surface area (Å²) in [5, 5.41) is 0. The topological polar surface area (TPSA) is 9.23 Å². The van der Waals surface area contributed by atoms with E-state index in [1.165, 1.54) is 58.6 Å². The third-order valence-corrected chi connectivity index (χ3v) is 7.99. The van der Waals surface area contributed by atoms with E-state index in [2.05, 4.69) is 62.4 Å². The van der Waals surface area contributed by atoms with Gasteiger partial charge in [0.15, 0.2) is 0 Å². The Morgan fingerprint density at radius 2 is 1.13 bits per heavy atom. The summed E-state index contributed by atoms with van der Waals surface area (Å²) in [7, 11) is 0. The van der Waals surface area contributed by atoms with Gasteiger partial charge in [-0.3, -0.25) is 0 Å². The van der Waals surface area contributed by atoms with Crippen LogP contribution in [0.5, 0.6) is 0 Å². The van der Waals surface area contributed by atoms with Gasteiger partial charge >= 0.3 is 154 Å². The Labute approximate surface area is 154 Å². The Hall–Kier alpha value is -0.561. The summed E-state index contributed by atoms with van der Waals surface area (Å²) in [6, 6.07) is 17.6. The summed E-state index contributed by atoms with van der Waals surface area (Å²) < 4.78 is 9.01. The zero-order chi connectivity index (χ0) is 16.3. The van der Waals surface area contributed by atoms with Gasteiger partial charge in [0.1, 0.15) is 0 Å². The number of unbranched alkanes of at least 4 members (excludes halogenated alkanes) is 2. The molecule has 0 unspecified atom stereocenters. The molecule has 0 atom stereocenters. The predicted molar refractivity (Wildman–Crippen MR) is 102 cm³/mol. The van der Waals surface area contributed by atoms with Crippen LogP contribution in [0.15, 0.2) is 48.5 Å². The molecule has 0 radical (unpaired) electrons. The van der Waals surface area contributed by atoms with Crippen LogP contribution in [0.1, 0.15) is 50.7 Å². The molecule has 0 spiro atoms. The molecule has 0 saturated carbocycles. The zero-order valence-corrected chi connectivity index (χ0v) is 17.5. The van der Waals surface area contributed by atoms with Crippen molar-refractivity contribution in [1.29, 1.82) is 0 Å². The van der Waals surface area contributed by atoms with Gasteiger partial charge in [0.05, 0.1) is 0 Å². The number of hydrogen-bond donors (Lipinski definition) is 0. The molecule has 0 N–H and O–H groups in total. The van der Waals surface area contributed by atoms with Gasteiger partial charge in [-0.25, -0.2) is 0 Å². The van der Waals surface area contributed by atoms with E-state index in [1.807, 2.05) is 0 Å². The molecule has 124 valence electrons. The van der Waals surface area contributed by atoms with Crippen molar-refractivity contribution in [3.8, 4) is 0 Å². The van der Waals surface area contributed by atoms with E-state index in [0.717, 1.165) is 0 Å². The first-order chi connectivity index (χ1) is 11.3. The molecule has 0 bridgehead atoms. The third-order valence-electron chi connectivity index (χ3n) is 3.79. The second kappa shape index (κ2) is 11.1. The van der Waals surface area contributed by atoms with Gasteiger partial charge in [0, 0.05) is 0 Å². The molecule has 2 aromatic rings. The van der Waals surface area contributed by atoms with E-state index in [-0.39, 0.29) is 30.6 Å². The van der Waals surface area contributed by atoms with Gasteiger partial charge in [-0.05, 0) is 0 Å². The summed E-state index contributed by atoms with van der Waals surface area (Å²) in [6.07, 6.45) is 7.37. The van der Waals surface area contributed by atoms with Crippen molar-refractivity contribution >= 4 is 39.5 Å². The second-order valence-electron chi connectivity index (χ2n) is 5.66. The molecule has 0 fully saturated rings. The third kappa shape index (κ3) is 6.45. The van der Waals surface area contributed by atoms with Gasteiger partial charge in [-0.1, -0.05) is 0 Å². The van der Waals surface area contributed by atoms with Gasteiger partial charge in [0.25, 0.3) is 0 Å². The molecule has 0 aliphatic rings. The fourth-order valence-electron chi connectivity index (χ4n) is 2.41. The van der Waals surface area contributed by atoms with Crippen LogP contribution in [0.3, 0.4) is 0 Å². The Balaban J connectivity index is 1.92. The average molecular weight is 440 g/mol. The van der Waals surface area contributed by atoms with E-state index in [9.17, 15) is 0 Å². The van der Waals surface area contributed by atoms with Crippen LogP contribution in [0.25, 0.3) is 0 Å². The van der Waals surface area contributed by atoms with E-state index >= 15 is 0 Å². The minimum absolute atomic E-state index is 0.127. The van der Waals surface area contributed by atoms with Crippen LogP contribution in [0.2, 0.25) is 0 Å². The number of aryl methyl sites for hydroxylation is 2. The van der Waals surface area contributed by atoms with Gasteiger partial charge < -0.3 is 0 Å². The van der Waals surface area contributed by atoms with Crippen LogP contribution in [-0.4, -0.2) is 30.6 Å². The van der Waals surface area contributed by atoms with Gasteiger partial charge in [0.2, 0.25) is 0 Å². The SMILES string of the molecule is CCCCc1ccccc1[Se]O[Se]c1ccccc1CCCC. The van der Waals surface area contributed by atoms with Crippen molar-refractivity contribution in [3.05, 3.63) is 59.7 Å². The first-order valence-corrected chi connectivity index (χ1v) is 11.6. The molecule has 3 heteroatoms. The standard InChI is InChI=1S/C20H26OSe2/c1-3-5-11-17-13-7-9-15-19(17)22-21-23-20-16-10-8-14-18(20)12-6-4-2/h7-10,13-16H,3-6,11-12H2,1-2H3. The monoisotopic (exact) mass is 442 g/mol. The fourth-order valence-corrected chi connectivity index (χ4v) is 6.48. The first-order valence-electron chi connectivity index (χ1n) is 8.52. The summed E-state index contributed by atoms with van der Waals surface area (Å²) >= 11 is 0.254.